The molecular weight excluding hydrogens is 142 g/mol. The van der Waals surface area contributed by atoms with Crippen LogP contribution in [-0.4, -0.2) is 29.1 Å². The maximum atomic E-state index is 10.5. The number of nitrogens with zero attached hydrogens (tertiary/aromatic N) is 1. The van der Waals surface area contributed by atoms with Crippen LogP contribution in [0, 0.1) is 0 Å². The van der Waals surface area contributed by atoms with Crippen LogP contribution in [-0.2, 0) is 9.59 Å². The highest BCUT2D eigenvalue weighted by atomic mass is 35.5. The molecule has 0 unspecified atom stereocenters. The second-order valence-corrected chi connectivity index (χ2v) is 2.34. The number of carbonyl (C=O) groups is 2. The number of likely N-dealkylation sites (tertiary alicyclic amines) is 1. The van der Waals surface area contributed by atoms with Gasteiger partial charge in [0, 0.05) is 13.0 Å². The lowest BCUT2D eigenvalue weighted by molar-refractivity contribution is -0.141. The Kier molecular flexibility index (Phi) is 1.71. The number of hydrogen-bond donors (Lipinski definition) is 0. The van der Waals surface area contributed by atoms with Crippen LogP contribution >= 0.6 is 11.6 Å². The molecule has 0 atom stereocenters. The van der Waals surface area contributed by atoms with Crippen molar-refractivity contribution in [2.75, 3.05) is 13.1 Å². The standard InChI is InChI=1S/C5H6ClNO2/c6-4(8)3-7-2-1-5(7)9/h1-3H2. The third kappa shape index (κ3) is 1.42. The predicted molar refractivity (Wildman–Crippen MR) is 32.1 cm³/mol. The Labute approximate surface area is 57.6 Å². The molecule has 0 aromatic rings. The second-order valence-electron chi connectivity index (χ2n) is 1.92. The molecule has 1 rings (SSSR count). The summed E-state index contributed by atoms with van der Waals surface area (Å²) in [5.41, 5.74) is 0. The van der Waals surface area contributed by atoms with Crippen LogP contribution in [0.15, 0.2) is 0 Å². The first-order chi connectivity index (χ1) is 4.20. The number of amides is 1. The fourth-order valence-electron chi connectivity index (χ4n) is 0.678. The predicted octanol–water partition coefficient (Wildman–Crippen LogP) is -0.0159. The summed E-state index contributed by atoms with van der Waals surface area (Å²) in [6.45, 7) is 0.748. The van der Waals surface area contributed by atoms with E-state index in [0.717, 1.165) is 0 Å². The normalized spacial score (nSPS) is 17.4. The molecule has 1 aliphatic heterocycles. The molecule has 0 N–H and O–H groups in total. The molecule has 1 aliphatic rings. The van der Waals surface area contributed by atoms with E-state index in [9.17, 15) is 9.59 Å². The fourth-order valence-corrected chi connectivity index (χ4v) is 0.823. The van der Waals surface area contributed by atoms with Gasteiger partial charge in [0.1, 0.15) is 0 Å². The first-order valence-electron chi connectivity index (χ1n) is 2.66. The largest absolute Gasteiger partial charge is 0.333 e. The monoisotopic (exact) mass is 147 g/mol. The van der Waals surface area contributed by atoms with E-state index < -0.39 is 5.24 Å². The third-order valence-corrected chi connectivity index (χ3v) is 1.38. The summed E-state index contributed by atoms with van der Waals surface area (Å²) in [6, 6.07) is 0. The van der Waals surface area contributed by atoms with Gasteiger partial charge in [0.05, 0.1) is 6.54 Å². The highest BCUT2D eigenvalue weighted by molar-refractivity contribution is 6.64. The summed E-state index contributed by atoms with van der Waals surface area (Å²) in [7, 11) is 0. The maximum absolute atomic E-state index is 10.5. The summed E-state index contributed by atoms with van der Waals surface area (Å²) in [6.07, 6.45) is 0.560. The topological polar surface area (TPSA) is 37.4 Å². The van der Waals surface area contributed by atoms with Crippen molar-refractivity contribution in [1.82, 2.24) is 4.90 Å². The van der Waals surface area contributed by atoms with Gasteiger partial charge in [0.15, 0.2) is 0 Å². The highest BCUT2D eigenvalue weighted by Gasteiger charge is 2.24. The molecule has 50 valence electrons. The molecule has 0 aliphatic carbocycles. The van der Waals surface area contributed by atoms with Crippen molar-refractivity contribution in [3.63, 3.8) is 0 Å². The highest BCUT2D eigenvalue weighted by Crippen LogP contribution is 2.07. The van der Waals surface area contributed by atoms with Gasteiger partial charge in [-0.25, -0.2) is 0 Å². The molecule has 0 radical (unpaired) electrons. The summed E-state index contributed by atoms with van der Waals surface area (Å²) < 4.78 is 0. The minimum Gasteiger partial charge on any atom is -0.333 e. The minimum absolute atomic E-state index is 0.0176. The van der Waals surface area contributed by atoms with Gasteiger partial charge in [-0.15, -0.1) is 0 Å². The lowest BCUT2D eigenvalue weighted by Gasteiger charge is -2.28. The van der Waals surface area contributed by atoms with E-state index in [2.05, 4.69) is 0 Å². The number of halogens is 1. The van der Waals surface area contributed by atoms with E-state index in [0.29, 0.717) is 13.0 Å². The van der Waals surface area contributed by atoms with E-state index >= 15 is 0 Å². The van der Waals surface area contributed by atoms with Crippen molar-refractivity contribution in [2.24, 2.45) is 0 Å². The molecule has 0 spiro atoms. The Morgan fingerprint density at radius 3 is 2.56 bits per heavy atom. The van der Waals surface area contributed by atoms with Crippen LogP contribution in [0.3, 0.4) is 0 Å². The summed E-state index contributed by atoms with van der Waals surface area (Å²) in [5, 5.41) is -0.469. The average molecular weight is 148 g/mol. The van der Waals surface area contributed by atoms with Crippen molar-refractivity contribution >= 4 is 22.8 Å². The number of β-lactam (4-membered cyclic amide) rings is 1. The van der Waals surface area contributed by atoms with Crippen LogP contribution in [0.2, 0.25) is 0 Å². The molecule has 1 amide bonds. The Morgan fingerprint density at radius 2 is 2.44 bits per heavy atom. The van der Waals surface area contributed by atoms with Gasteiger partial charge in [0.25, 0.3) is 0 Å². The first-order valence-corrected chi connectivity index (χ1v) is 3.04. The molecular formula is C5H6ClNO2. The molecule has 0 bridgehead atoms. The fraction of sp³-hybridized carbons (Fsp3) is 0.600. The number of carbonyl (C=O) groups excluding carboxylic acids is 2. The van der Waals surface area contributed by atoms with E-state index in [1.807, 2.05) is 0 Å². The Bertz CT molecular complexity index is 157. The van der Waals surface area contributed by atoms with Gasteiger partial charge in [0.2, 0.25) is 11.1 Å². The van der Waals surface area contributed by atoms with E-state index in [1.54, 1.807) is 0 Å². The average Bonchev–Trinajstić information content (AvgIpc) is 1.79. The third-order valence-electron chi connectivity index (χ3n) is 1.26. The number of hydrogen-bond acceptors (Lipinski definition) is 2. The molecule has 0 saturated carbocycles. The van der Waals surface area contributed by atoms with Gasteiger partial charge < -0.3 is 4.90 Å². The van der Waals surface area contributed by atoms with E-state index in [-0.39, 0.29) is 12.5 Å². The van der Waals surface area contributed by atoms with Gasteiger partial charge >= 0.3 is 0 Å². The minimum atomic E-state index is -0.469. The van der Waals surface area contributed by atoms with Crippen molar-refractivity contribution in [1.29, 1.82) is 0 Å². The lowest BCUT2D eigenvalue weighted by atomic mass is 10.2. The Morgan fingerprint density at radius 1 is 1.78 bits per heavy atom. The van der Waals surface area contributed by atoms with Crippen molar-refractivity contribution < 1.29 is 9.59 Å². The lowest BCUT2D eigenvalue weighted by Crippen LogP contribution is -2.45. The van der Waals surface area contributed by atoms with Crippen molar-refractivity contribution in [3.8, 4) is 0 Å². The molecule has 9 heavy (non-hydrogen) atoms. The molecule has 1 heterocycles. The SMILES string of the molecule is O=C(Cl)CN1CCC1=O. The van der Waals surface area contributed by atoms with Crippen molar-refractivity contribution in [3.05, 3.63) is 0 Å². The molecule has 4 heteroatoms. The molecule has 0 aromatic carbocycles. The summed E-state index contributed by atoms with van der Waals surface area (Å²) in [4.78, 5) is 22.1. The summed E-state index contributed by atoms with van der Waals surface area (Å²) in [5.74, 6) is 0.0176. The van der Waals surface area contributed by atoms with Crippen LogP contribution < -0.4 is 0 Å². The van der Waals surface area contributed by atoms with Crippen molar-refractivity contribution in [2.45, 2.75) is 6.42 Å². The molecule has 1 saturated heterocycles. The zero-order valence-electron chi connectivity index (χ0n) is 4.76. The zero-order chi connectivity index (χ0) is 6.85. The quantitative estimate of drug-likeness (QED) is 0.407. The molecule has 3 nitrogen and oxygen atoms in total. The van der Waals surface area contributed by atoms with Gasteiger partial charge in [-0.1, -0.05) is 0 Å². The van der Waals surface area contributed by atoms with Crippen LogP contribution in [0.5, 0.6) is 0 Å². The summed E-state index contributed by atoms with van der Waals surface area (Å²) >= 11 is 5.02. The molecule has 0 aromatic heterocycles. The van der Waals surface area contributed by atoms with Crippen LogP contribution in [0.25, 0.3) is 0 Å². The first kappa shape index (κ1) is 6.55. The maximum Gasteiger partial charge on any atom is 0.241 e. The van der Waals surface area contributed by atoms with E-state index in [1.165, 1.54) is 4.90 Å². The Balaban J connectivity index is 2.29. The van der Waals surface area contributed by atoms with Crippen LogP contribution in [0.4, 0.5) is 0 Å². The van der Waals surface area contributed by atoms with Gasteiger partial charge in [-0.3, -0.25) is 9.59 Å². The van der Waals surface area contributed by atoms with Gasteiger partial charge in [-0.05, 0) is 11.6 Å². The smallest absolute Gasteiger partial charge is 0.241 e. The Hall–Kier alpha value is -0.570. The molecule has 1 fully saturated rings. The second kappa shape index (κ2) is 2.35. The van der Waals surface area contributed by atoms with Gasteiger partial charge in [-0.2, -0.15) is 0 Å². The van der Waals surface area contributed by atoms with E-state index in [4.69, 9.17) is 11.6 Å². The number of rotatable bonds is 2. The van der Waals surface area contributed by atoms with Crippen LogP contribution in [0.1, 0.15) is 6.42 Å². The zero-order valence-corrected chi connectivity index (χ0v) is 5.52.